The van der Waals surface area contributed by atoms with E-state index in [1.54, 1.807) is 36.5 Å². The number of halogens is 7. The number of hydrogen-bond acceptors (Lipinski definition) is 7. The standard InChI is InChI=1S/C19H21FN2O3S.2C2HF3O2/c20-17-6-2-1-5-15(17)11-22-13-19(14-22)16(8-10-26(19,23)24)12-25-18-7-3-4-9-21-18;2*3-2(4,5)1(6)7/h1-7,9,16H,8,10-14H2;2*(H,6,7). The zero-order chi connectivity index (χ0) is 30.4. The molecule has 2 saturated heterocycles. The van der Waals surface area contributed by atoms with Crippen molar-refractivity contribution in [2.24, 2.45) is 5.92 Å². The van der Waals surface area contributed by atoms with Crippen molar-refractivity contribution in [3.05, 3.63) is 60.0 Å². The van der Waals surface area contributed by atoms with E-state index in [9.17, 15) is 39.2 Å². The number of likely N-dealkylation sites (tertiary alicyclic amines) is 1. The fourth-order valence-electron chi connectivity index (χ4n) is 4.02. The van der Waals surface area contributed by atoms with Gasteiger partial charge in [0.1, 0.15) is 10.6 Å². The van der Waals surface area contributed by atoms with E-state index in [1.165, 1.54) is 6.07 Å². The zero-order valence-electron chi connectivity index (χ0n) is 20.3. The highest BCUT2D eigenvalue weighted by molar-refractivity contribution is 7.93. The van der Waals surface area contributed by atoms with Gasteiger partial charge in [0, 0.05) is 43.4 Å². The molecule has 0 bridgehead atoms. The lowest BCUT2D eigenvalue weighted by atomic mass is 9.83. The molecule has 40 heavy (non-hydrogen) atoms. The normalized spacial score (nSPS) is 19.3. The number of aromatic nitrogens is 1. The first kappa shape index (κ1) is 32.7. The lowest BCUT2D eigenvalue weighted by Gasteiger charge is -2.50. The van der Waals surface area contributed by atoms with Crippen LogP contribution in [0, 0.1) is 11.7 Å². The largest absolute Gasteiger partial charge is 0.490 e. The zero-order valence-corrected chi connectivity index (χ0v) is 21.1. The number of pyridine rings is 1. The van der Waals surface area contributed by atoms with Crippen LogP contribution in [0.15, 0.2) is 48.7 Å². The van der Waals surface area contributed by atoms with E-state index in [0.717, 1.165) is 0 Å². The van der Waals surface area contributed by atoms with Crippen LogP contribution in [0.3, 0.4) is 0 Å². The summed E-state index contributed by atoms with van der Waals surface area (Å²) in [6, 6.07) is 12.0. The van der Waals surface area contributed by atoms with Gasteiger partial charge in [-0.25, -0.2) is 27.4 Å². The average Bonchev–Trinajstić information content (AvgIpc) is 3.09. The molecule has 1 unspecified atom stereocenters. The van der Waals surface area contributed by atoms with Crippen molar-refractivity contribution in [1.82, 2.24) is 9.88 Å². The summed E-state index contributed by atoms with van der Waals surface area (Å²) in [4.78, 5) is 23.9. The van der Waals surface area contributed by atoms with Crippen LogP contribution in [0.25, 0.3) is 0 Å². The molecule has 9 nitrogen and oxygen atoms in total. The number of carboxylic acid groups (broad SMARTS) is 2. The number of rotatable bonds is 5. The van der Waals surface area contributed by atoms with E-state index >= 15 is 0 Å². The van der Waals surface area contributed by atoms with Gasteiger partial charge < -0.3 is 14.9 Å². The van der Waals surface area contributed by atoms with Crippen LogP contribution < -0.4 is 4.74 Å². The lowest BCUT2D eigenvalue weighted by molar-refractivity contribution is -0.193. The van der Waals surface area contributed by atoms with Gasteiger partial charge in [-0.3, -0.25) is 4.90 Å². The van der Waals surface area contributed by atoms with Crippen LogP contribution in [-0.4, -0.2) is 83.0 Å². The number of carboxylic acids is 2. The molecule has 2 aliphatic rings. The Labute approximate surface area is 223 Å². The second kappa shape index (κ2) is 12.8. The molecule has 1 atom stereocenters. The van der Waals surface area contributed by atoms with Gasteiger partial charge in [0.25, 0.3) is 0 Å². The number of sulfone groups is 1. The molecule has 2 N–H and O–H groups in total. The van der Waals surface area contributed by atoms with Crippen molar-refractivity contribution in [1.29, 1.82) is 0 Å². The maximum Gasteiger partial charge on any atom is 0.490 e. The predicted octanol–water partition coefficient (Wildman–Crippen LogP) is 3.56. The van der Waals surface area contributed by atoms with Gasteiger partial charge in [-0.15, -0.1) is 0 Å². The van der Waals surface area contributed by atoms with Crippen molar-refractivity contribution in [3.63, 3.8) is 0 Å². The number of nitrogens with zero attached hydrogens (tertiary/aromatic N) is 2. The van der Waals surface area contributed by atoms with Gasteiger partial charge in [-0.05, 0) is 18.6 Å². The summed E-state index contributed by atoms with van der Waals surface area (Å²) in [6.45, 7) is 1.63. The van der Waals surface area contributed by atoms with E-state index in [4.69, 9.17) is 24.5 Å². The first-order valence-electron chi connectivity index (χ1n) is 11.2. The van der Waals surface area contributed by atoms with Crippen molar-refractivity contribution in [3.8, 4) is 5.88 Å². The summed E-state index contributed by atoms with van der Waals surface area (Å²) in [7, 11) is -3.17. The molecule has 222 valence electrons. The van der Waals surface area contributed by atoms with Crippen LogP contribution in [0.2, 0.25) is 0 Å². The minimum Gasteiger partial charge on any atom is -0.477 e. The second-order valence-corrected chi connectivity index (χ2v) is 11.1. The van der Waals surface area contributed by atoms with E-state index in [0.29, 0.717) is 44.1 Å². The van der Waals surface area contributed by atoms with Gasteiger partial charge in [-0.1, -0.05) is 24.3 Å². The van der Waals surface area contributed by atoms with Crippen LogP contribution in [-0.2, 0) is 26.0 Å². The van der Waals surface area contributed by atoms with Gasteiger partial charge in [0.15, 0.2) is 9.84 Å². The minimum atomic E-state index is -5.08. The number of alkyl halides is 6. The number of benzene rings is 1. The molecule has 0 radical (unpaired) electrons. The molecule has 0 amide bonds. The third-order valence-electron chi connectivity index (χ3n) is 5.99. The molecule has 0 aliphatic carbocycles. The molecule has 2 aromatic rings. The molecule has 1 aromatic carbocycles. The van der Waals surface area contributed by atoms with Crippen molar-refractivity contribution in [2.75, 3.05) is 25.4 Å². The van der Waals surface area contributed by atoms with Gasteiger partial charge in [0.2, 0.25) is 5.88 Å². The monoisotopic (exact) mass is 604 g/mol. The Morgan fingerprint density at radius 1 is 0.975 bits per heavy atom. The Balaban J connectivity index is 0.000000333. The Hall–Kier alpha value is -3.47. The molecular weight excluding hydrogens is 581 g/mol. The number of aliphatic carboxylic acids is 2. The van der Waals surface area contributed by atoms with Crippen molar-refractivity contribution >= 4 is 21.8 Å². The molecule has 1 spiro atoms. The van der Waals surface area contributed by atoms with Crippen molar-refractivity contribution in [2.45, 2.75) is 30.1 Å². The topological polar surface area (TPSA) is 134 Å². The minimum absolute atomic E-state index is 0.0635. The van der Waals surface area contributed by atoms with E-state index in [1.807, 2.05) is 11.0 Å². The number of carbonyl (C=O) groups is 2. The summed E-state index contributed by atoms with van der Waals surface area (Å²) >= 11 is 0. The third kappa shape index (κ3) is 8.51. The van der Waals surface area contributed by atoms with Crippen LogP contribution in [0.4, 0.5) is 30.7 Å². The van der Waals surface area contributed by atoms with Crippen LogP contribution >= 0.6 is 0 Å². The fraction of sp³-hybridized carbons (Fsp3) is 0.435. The van der Waals surface area contributed by atoms with Crippen molar-refractivity contribution < 1.29 is 63.7 Å². The summed E-state index contributed by atoms with van der Waals surface area (Å²) in [5.74, 6) is -5.13. The summed E-state index contributed by atoms with van der Waals surface area (Å²) < 4.78 is 108. The SMILES string of the molecule is O=C(O)C(F)(F)F.O=C(O)C(F)(F)F.O=S1(=O)CCC(COc2ccccn2)C12CN(Cc1ccccc1F)C2. The smallest absolute Gasteiger partial charge is 0.477 e. The molecule has 2 fully saturated rings. The highest BCUT2D eigenvalue weighted by Gasteiger charge is 2.61. The Kier molecular flexibility index (Phi) is 10.5. The summed E-state index contributed by atoms with van der Waals surface area (Å²) in [6.07, 6.45) is -7.92. The number of hydrogen-bond donors (Lipinski definition) is 2. The highest BCUT2D eigenvalue weighted by atomic mass is 32.2. The molecule has 1 aromatic heterocycles. The summed E-state index contributed by atoms with van der Waals surface area (Å²) in [5.41, 5.74) is 0.596. The number of ether oxygens (including phenoxy) is 1. The Morgan fingerprint density at radius 2 is 1.50 bits per heavy atom. The van der Waals surface area contributed by atoms with E-state index in [-0.39, 0.29) is 17.5 Å². The van der Waals surface area contributed by atoms with Crippen LogP contribution in [0.5, 0.6) is 5.88 Å². The molecule has 3 heterocycles. The van der Waals surface area contributed by atoms with E-state index in [2.05, 4.69) is 4.98 Å². The van der Waals surface area contributed by atoms with Gasteiger partial charge >= 0.3 is 24.3 Å². The maximum atomic E-state index is 13.8. The maximum absolute atomic E-state index is 13.8. The van der Waals surface area contributed by atoms with Crippen LogP contribution in [0.1, 0.15) is 12.0 Å². The molecule has 17 heteroatoms. The molecule has 0 saturated carbocycles. The third-order valence-corrected chi connectivity index (χ3v) is 8.59. The first-order valence-corrected chi connectivity index (χ1v) is 12.9. The molecular formula is C23H23F7N2O7S. The average molecular weight is 604 g/mol. The first-order chi connectivity index (χ1) is 18.4. The second-order valence-electron chi connectivity index (χ2n) is 8.69. The lowest BCUT2D eigenvalue weighted by Crippen LogP contribution is -2.67. The van der Waals surface area contributed by atoms with Gasteiger partial charge in [-0.2, -0.15) is 26.3 Å². The quantitative estimate of drug-likeness (QED) is 0.492. The Bertz CT molecular complexity index is 1240. The molecule has 4 rings (SSSR count). The Morgan fingerprint density at radius 3 is 1.98 bits per heavy atom. The highest BCUT2D eigenvalue weighted by Crippen LogP contribution is 2.45. The predicted molar refractivity (Wildman–Crippen MR) is 123 cm³/mol. The molecule has 2 aliphatic heterocycles. The summed E-state index contributed by atoms with van der Waals surface area (Å²) in [5, 5.41) is 14.2. The van der Waals surface area contributed by atoms with Gasteiger partial charge in [0.05, 0.1) is 12.4 Å². The fourth-order valence-corrected chi connectivity index (χ4v) is 6.47. The van der Waals surface area contributed by atoms with E-state index < -0.39 is 38.9 Å².